The largest absolute Gasteiger partial charge is 0.379 e. The SMILES string of the molecule is CCNC(=NCc1cccc2ccccc12)NCCN1CCOCC1.I. The molecule has 142 valence electrons. The molecule has 0 saturated carbocycles. The quantitative estimate of drug-likeness (QED) is 0.389. The van der Waals surface area contributed by atoms with Crippen LogP contribution < -0.4 is 10.6 Å². The predicted octanol–water partition coefficient (Wildman–Crippen LogP) is 2.85. The minimum absolute atomic E-state index is 0. The lowest BCUT2D eigenvalue weighted by Gasteiger charge is -2.26. The van der Waals surface area contributed by atoms with Crippen LogP contribution in [0.1, 0.15) is 12.5 Å². The molecule has 1 saturated heterocycles. The molecule has 2 N–H and O–H groups in total. The second kappa shape index (κ2) is 11.4. The molecule has 6 heteroatoms. The van der Waals surface area contributed by atoms with E-state index in [4.69, 9.17) is 9.73 Å². The molecule has 0 bridgehead atoms. The number of hydrogen-bond donors (Lipinski definition) is 2. The Morgan fingerprint density at radius 3 is 2.65 bits per heavy atom. The molecule has 0 aromatic heterocycles. The van der Waals surface area contributed by atoms with Gasteiger partial charge in [-0.3, -0.25) is 4.90 Å². The van der Waals surface area contributed by atoms with Gasteiger partial charge in [0.25, 0.3) is 0 Å². The van der Waals surface area contributed by atoms with Crippen molar-refractivity contribution in [2.75, 3.05) is 45.9 Å². The molecule has 3 rings (SSSR count). The third kappa shape index (κ3) is 6.10. The number of morpholine rings is 1. The van der Waals surface area contributed by atoms with Crippen LogP contribution in [0.3, 0.4) is 0 Å². The van der Waals surface area contributed by atoms with Gasteiger partial charge in [-0.1, -0.05) is 42.5 Å². The zero-order valence-corrected chi connectivity index (χ0v) is 17.7. The number of fused-ring (bicyclic) bond motifs is 1. The first-order chi connectivity index (χ1) is 12.4. The van der Waals surface area contributed by atoms with Crippen LogP contribution in [0.2, 0.25) is 0 Å². The summed E-state index contributed by atoms with van der Waals surface area (Å²) in [6.07, 6.45) is 0. The molecule has 26 heavy (non-hydrogen) atoms. The number of rotatable bonds is 6. The van der Waals surface area contributed by atoms with E-state index in [2.05, 4.69) is 64.9 Å². The molecule has 0 unspecified atom stereocenters. The monoisotopic (exact) mass is 468 g/mol. The van der Waals surface area contributed by atoms with Gasteiger partial charge in [-0.05, 0) is 23.3 Å². The number of aliphatic imine (C=N–C) groups is 1. The molecule has 2 aromatic rings. The van der Waals surface area contributed by atoms with Gasteiger partial charge in [-0.15, -0.1) is 24.0 Å². The molecule has 2 aromatic carbocycles. The van der Waals surface area contributed by atoms with Crippen molar-refractivity contribution in [3.8, 4) is 0 Å². The Balaban J connectivity index is 0.00000243. The summed E-state index contributed by atoms with van der Waals surface area (Å²) in [5.74, 6) is 0.878. The smallest absolute Gasteiger partial charge is 0.191 e. The molecule has 0 spiro atoms. The first kappa shape index (κ1) is 20.9. The summed E-state index contributed by atoms with van der Waals surface area (Å²) in [5, 5.41) is 9.32. The standard InChI is InChI=1S/C20H28N4O.HI/c1-2-21-20(22-10-11-24-12-14-25-15-13-24)23-16-18-8-5-7-17-6-3-4-9-19(17)18;/h3-9H,2,10-16H2,1H3,(H2,21,22,23);1H. The van der Waals surface area contributed by atoms with E-state index in [1.54, 1.807) is 0 Å². The fraction of sp³-hybridized carbons (Fsp3) is 0.450. The Kier molecular flexibility index (Phi) is 9.14. The summed E-state index contributed by atoms with van der Waals surface area (Å²) >= 11 is 0. The van der Waals surface area contributed by atoms with Crippen molar-refractivity contribution in [1.29, 1.82) is 0 Å². The van der Waals surface area contributed by atoms with E-state index in [-0.39, 0.29) is 24.0 Å². The number of benzene rings is 2. The highest BCUT2D eigenvalue weighted by molar-refractivity contribution is 14.0. The van der Waals surface area contributed by atoms with Crippen molar-refractivity contribution in [3.05, 3.63) is 48.0 Å². The second-order valence-electron chi connectivity index (χ2n) is 6.21. The molecule has 0 aliphatic carbocycles. The zero-order valence-electron chi connectivity index (χ0n) is 15.4. The molecular weight excluding hydrogens is 439 g/mol. The van der Waals surface area contributed by atoms with Crippen LogP contribution in [0.4, 0.5) is 0 Å². The van der Waals surface area contributed by atoms with Crippen LogP contribution in [0, 0.1) is 0 Å². The maximum absolute atomic E-state index is 5.39. The molecule has 1 aliphatic rings. The predicted molar refractivity (Wildman–Crippen MR) is 119 cm³/mol. The van der Waals surface area contributed by atoms with Gasteiger partial charge in [0.2, 0.25) is 0 Å². The van der Waals surface area contributed by atoms with E-state index in [0.29, 0.717) is 6.54 Å². The van der Waals surface area contributed by atoms with Gasteiger partial charge in [0.1, 0.15) is 0 Å². The van der Waals surface area contributed by atoms with Crippen molar-refractivity contribution in [3.63, 3.8) is 0 Å². The molecule has 0 atom stereocenters. The lowest BCUT2D eigenvalue weighted by molar-refractivity contribution is 0.0389. The lowest BCUT2D eigenvalue weighted by atomic mass is 10.1. The minimum atomic E-state index is 0. The molecule has 0 radical (unpaired) electrons. The van der Waals surface area contributed by atoms with E-state index in [1.807, 2.05) is 0 Å². The topological polar surface area (TPSA) is 48.9 Å². The third-order valence-corrected chi connectivity index (χ3v) is 4.46. The summed E-state index contributed by atoms with van der Waals surface area (Å²) in [5.41, 5.74) is 1.25. The molecule has 5 nitrogen and oxygen atoms in total. The number of nitrogens with zero attached hydrogens (tertiary/aromatic N) is 2. The number of halogens is 1. The first-order valence-corrected chi connectivity index (χ1v) is 9.16. The van der Waals surface area contributed by atoms with E-state index < -0.39 is 0 Å². The fourth-order valence-electron chi connectivity index (χ4n) is 3.09. The van der Waals surface area contributed by atoms with Crippen molar-refractivity contribution >= 4 is 40.7 Å². The zero-order chi connectivity index (χ0) is 17.3. The van der Waals surface area contributed by atoms with E-state index >= 15 is 0 Å². The first-order valence-electron chi connectivity index (χ1n) is 9.16. The summed E-state index contributed by atoms with van der Waals surface area (Å²) in [7, 11) is 0. The average Bonchev–Trinajstić information content (AvgIpc) is 2.67. The molecule has 1 fully saturated rings. The second-order valence-corrected chi connectivity index (χ2v) is 6.21. The highest BCUT2D eigenvalue weighted by Gasteiger charge is 2.09. The van der Waals surface area contributed by atoms with Gasteiger partial charge in [-0.2, -0.15) is 0 Å². The van der Waals surface area contributed by atoms with Gasteiger partial charge in [0, 0.05) is 32.7 Å². The fourth-order valence-corrected chi connectivity index (χ4v) is 3.09. The van der Waals surface area contributed by atoms with Crippen LogP contribution in [0.5, 0.6) is 0 Å². The Morgan fingerprint density at radius 2 is 1.85 bits per heavy atom. The van der Waals surface area contributed by atoms with Crippen molar-refractivity contribution in [1.82, 2.24) is 15.5 Å². The Labute approximate surface area is 173 Å². The van der Waals surface area contributed by atoms with Gasteiger partial charge in [0.05, 0.1) is 19.8 Å². The van der Waals surface area contributed by atoms with Crippen LogP contribution in [-0.4, -0.2) is 56.8 Å². The van der Waals surface area contributed by atoms with Gasteiger partial charge in [0.15, 0.2) is 5.96 Å². The number of hydrogen-bond acceptors (Lipinski definition) is 3. The Hall–Kier alpha value is -1.38. The average molecular weight is 468 g/mol. The number of nitrogens with one attached hydrogen (secondary N) is 2. The molecule has 1 heterocycles. The normalized spacial score (nSPS) is 15.5. The van der Waals surface area contributed by atoms with Crippen molar-refractivity contribution < 1.29 is 4.74 Å². The Bertz CT molecular complexity index is 696. The molecule has 0 amide bonds. The Morgan fingerprint density at radius 1 is 1.08 bits per heavy atom. The highest BCUT2D eigenvalue weighted by Crippen LogP contribution is 2.19. The summed E-state index contributed by atoms with van der Waals surface area (Å²) < 4.78 is 5.39. The van der Waals surface area contributed by atoms with Crippen LogP contribution in [0.15, 0.2) is 47.5 Å². The number of ether oxygens (including phenoxy) is 1. The van der Waals surface area contributed by atoms with E-state index in [1.165, 1.54) is 16.3 Å². The van der Waals surface area contributed by atoms with Crippen LogP contribution in [0.25, 0.3) is 10.8 Å². The van der Waals surface area contributed by atoms with Gasteiger partial charge < -0.3 is 15.4 Å². The summed E-state index contributed by atoms with van der Waals surface area (Å²) in [6.45, 7) is 9.26. The van der Waals surface area contributed by atoms with Crippen LogP contribution >= 0.6 is 24.0 Å². The maximum atomic E-state index is 5.39. The van der Waals surface area contributed by atoms with Crippen molar-refractivity contribution in [2.45, 2.75) is 13.5 Å². The minimum Gasteiger partial charge on any atom is -0.379 e. The maximum Gasteiger partial charge on any atom is 0.191 e. The van der Waals surface area contributed by atoms with Gasteiger partial charge in [-0.25, -0.2) is 4.99 Å². The van der Waals surface area contributed by atoms with Crippen molar-refractivity contribution in [2.24, 2.45) is 4.99 Å². The number of guanidine groups is 1. The third-order valence-electron chi connectivity index (χ3n) is 4.46. The van der Waals surface area contributed by atoms with E-state index in [0.717, 1.165) is 51.9 Å². The summed E-state index contributed by atoms with van der Waals surface area (Å²) in [6, 6.07) is 14.9. The summed E-state index contributed by atoms with van der Waals surface area (Å²) in [4.78, 5) is 7.19. The van der Waals surface area contributed by atoms with E-state index in [9.17, 15) is 0 Å². The highest BCUT2D eigenvalue weighted by atomic mass is 127. The lowest BCUT2D eigenvalue weighted by Crippen LogP contribution is -2.44. The molecule has 1 aliphatic heterocycles. The van der Waals surface area contributed by atoms with Crippen LogP contribution in [-0.2, 0) is 11.3 Å². The molecular formula is C20H29IN4O. The van der Waals surface area contributed by atoms with Gasteiger partial charge >= 0.3 is 0 Å².